The molecule has 0 aliphatic rings. The summed E-state index contributed by atoms with van der Waals surface area (Å²) in [4.78, 5) is 18.5. The highest BCUT2D eigenvalue weighted by Crippen LogP contribution is 2.38. The smallest absolute Gasteiger partial charge is 0.238 e. The summed E-state index contributed by atoms with van der Waals surface area (Å²) in [6.07, 6.45) is 5.45. The number of rotatable bonds is 7. The highest BCUT2D eigenvalue weighted by molar-refractivity contribution is 5.99. The number of aromatic hydroxyl groups is 1. The number of likely N-dealkylation sites (N-methyl/N-ethyl adjacent to an activating group) is 1. The minimum absolute atomic E-state index is 0.0814. The van der Waals surface area contributed by atoms with Crippen molar-refractivity contribution < 1.29 is 9.90 Å². The first kappa shape index (κ1) is 24.3. The van der Waals surface area contributed by atoms with Crippen molar-refractivity contribution in [3.8, 4) is 11.6 Å². The van der Waals surface area contributed by atoms with Crippen LogP contribution in [0.1, 0.15) is 31.9 Å². The zero-order valence-electron chi connectivity index (χ0n) is 21.0. The van der Waals surface area contributed by atoms with E-state index in [1.807, 2.05) is 73.7 Å². The molecule has 0 bridgehead atoms. The van der Waals surface area contributed by atoms with Crippen LogP contribution in [0.5, 0.6) is 5.88 Å². The summed E-state index contributed by atoms with van der Waals surface area (Å²) < 4.78 is 1.76. The van der Waals surface area contributed by atoms with Crippen LogP contribution in [-0.2, 0) is 16.8 Å². The number of nitrogens with zero attached hydrogens (tertiary/aromatic N) is 3. The maximum Gasteiger partial charge on any atom is 0.238 e. The lowest BCUT2D eigenvalue weighted by molar-refractivity contribution is -0.116. The molecule has 4 rings (SSSR count). The van der Waals surface area contributed by atoms with Gasteiger partial charge in [-0.1, -0.05) is 39.0 Å². The molecule has 0 fully saturated rings. The molecule has 2 aromatic carbocycles. The Balaban J connectivity index is 1.72. The number of amides is 1. The van der Waals surface area contributed by atoms with Gasteiger partial charge in [0.15, 0.2) is 0 Å². The van der Waals surface area contributed by atoms with Gasteiger partial charge in [-0.2, -0.15) is 0 Å². The van der Waals surface area contributed by atoms with Crippen molar-refractivity contribution in [2.45, 2.75) is 32.7 Å². The van der Waals surface area contributed by atoms with E-state index < -0.39 is 0 Å². The van der Waals surface area contributed by atoms with Gasteiger partial charge < -0.3 is 20.6 Å². The van der Waals surface area contributed by atoms with E-state index in [1.54, 1.807) is 17.0 Å². The third kappa shape index (κ3) is 5.46. The Morgan fingerprint density at radius 1 is 1.06 bits per heavy atom. The molecule has 1 amide bonds. The fourth-order valence-corrected chi connectivity index (χ4v) is 4.21. The van der Waals surface area contributed by atoms with Crippen LogP contribution in [0, 0.1) is 0 Å². The lowest BCUT2D eigenvalue weighted by atomic mass is 9.85. The van der Waals surface area contributed by atoms with E-state index in [9.17, 15) is 9.90 Å². The van der Waals surface area contributed by atoms with Gasteiger partial charge in [0.1, 0.15) is 0 Å². The summed E-state index contributed by atoms with van der Waals surface area (Å²) in [5.74, 6) is 0.0639. The van der Waals surface area contributed by atoms with E-state index >= 15 is 0 Å². The molecule has 0 unspecified atom stereocenters. The second-order valence-electron chi connectivity index (χ2n) is 10.1. The van der Waals surface area contributed by atoms with Crippen molar-refractivity contribution in [1.29, 1.82) is 0 Å². The van der Waals surface area contributed by atoms with Crippen molar-refractivity contribution in [2.75, 3.05) is 31.3 Å². The van der Waals surface area contributed by atoms with E-state index in [1.165, 1.54) is 0 Å². The summed E-state index contributed by atoms with van der Waals surface area (Å²) in [7, 11) is 3.73. The molecule has 2 heterocycles. The first-order valence-electron chi connectivity index (χ1n) is 11.7. The number of fused-ring (bicyclic) bond motifs is 1. The molecule has 7 heteroatoms. The predicted molar refractivity (Wildman–Crippen MR) is 142 cm³/mol. The Kier molecular flexibility index (Phi) is 6.80. The third-order valence-electron chi connectivity index (χ3n) is 5.87. The first-order valence-corrected chi connectivity index (χ1v) is 11.7. The maximum absolute atomic E-state index is 12.6. The molecule has 0 saturated carbocycles. The zero-order valence-corrected chi connectivity index (χ0v) is 21.0. The molecule has 182 valence electrons. The highest BCUT2D eigenvalue weighted by Gasteiger charge is 2.21. The quantitative estimate of drug-likeness (QED) is 0.348. The van der Waals surface area contributed by atoms with Gasteiger partial charge in [0.2, 0.25) is 11.8 Å². The van der Waals surface area contributed by atoms with Gasteiger partial charge >= 0.3 is 0 Å². The second kappa shape index (κ2) is 9.80. The Labute approximate surface area is 206 Å². The maximum atomic E-state index is 12.6. The zero-order chi connectivity index (χ0) is 25.2. The molecule has 0 saturated heterocycles. The Morgan fingerprint density at radius 3 is 2.49 bits per heavy atom. The van der Waals surface area contributed by atoms with E-state index in [2.05, 4.69) is 36.4 Å². The summed E-state index contributed by atoms with van der Waals surface area (Å²) in [6, 6.07) is 15.8. The summed E-state index contributed by atoms with van der Waals surface area (Å²) >= 11 is 0. The standard InChI is InChI=1S/C28H33N5O2/c1-28(2,3)22-10-9-21(15-24(22)31-25(34)18-32(4)5)33-17-20-7-6-8-23(26(20)27(33)35)30-16-19-11-13-29-14-12-19/h6-15,17,30,35H,16,18H2,1-5H3,(H,31,34). The summed E-state index contributed by atoms with van der Waals surface area (Å²) in [5, 5.41) is 19.4. The molecule has 0 spiro atoms. The summed E-state index contributed by atoms with van der Waals surface area (Å²) in [5.41, 5.74) is 4.34. The predicted octanol–water partition coefficient (Wildman–Crippen LogP) is 5.14. The van der Waals surface area contributed by atoms with Gasteiger partial charge in [0, 0.05) is 41.9 Å². The van der Waals surface area contributed by atoms with Gasteiger partial charge in [-0.3, -0.25) is 14.3 Å². The van der Waals surface area contributed by atoms with Crippen LogP contribution in [0.15, 0.2) is 67.1 Å². The van der Waals surface area contributed by atoms with Gasteiger partial charge in [0.05, 0.1) is 17.6 Å². The van der Waals surface area contributed by atoms with Crippen LogP contribution in [-0.4, -0.2) is 46.1 Å². The molecule has 0 aliphatic carbocycles. The SMILES string of the molecule is CN(C)CC(=O)Nc1cc(-n2cc3cccc(NCc4ccncc4)c3c2O)ccc1C(C)(C)C. The number of pyridine rings is 1. The molecule has 4 aromatic rings. The minimum atomic E-state index is -0.160. The van der Waals surface area contributed by atoms with Crippen molar-refractivity contribution in [1.82, 2.24) is 14.5 Å². The van der Waals surface area contributed by atoms with Crippen molar-refractivity contribution in [3.63, 3.8) is 0 Å². The Hall–Kier alpha value is -3.84. The molecular formula is C28H33N5O2. The number of carbonyl (C=O) groups is 1. The van der Waals surface area contributed by atoms with Crippen molar-refractivity contribution in [3.05, 3.63) is 78.2 Å². The number of aromatic nitrogens is 2. The molecule has 0 atom stereocenters. The van der Waals surface area contributed by atoms with Crippen LogP contribution in [0.25, 0.3) is 16.5 Å². The Bertz CT molecular complexity index is 1340. The van der Waals surface area contributed by atoms with Crippen molar-refractivity contribution >= 4 is 28.1 Å². The van der Waals surface area contributed by atoms with Crippen molar-refractivity contribution in [2.24, 2.45) is 0 Å². The van der Waals surface area contributed by atoms with E-state index in [0.717, 1.165) is 39.0 Å². The van der Waals surface area contributed by atoms with E-state index in [4.69, 9.17) is 0 Å². The van der Waals surface area contributed by atoms with Gasteiger partial charge in [0.25, 0.3) is 0 Å². The third-order valence-corrected chi connectivity index (χ3v) is 5.87. The molecule has 3 N–H and O–H groups in total. The molecule has 0 radical (unpaired) electrons. The number of hydrogen-bond acceptors (Lipinski definition) is 5. The highest BCUT2D eigenvalue weighted by atomic mass is 16.3. The molecule has 2 aromatic heterocycles. The van der Waals surface area contributed by atoms with Crippen LogP contribution in [0.4, 0.5) is 11.4 Å². The van der Waals surface area contributed by atoms with Crippen LogP contribution < -0.4 is 10.6 Å². The fraction of sp³-hybridized carbons (Fsp3) is 0.286. The monoisotopic (exact) mass is 471 g/mol. The first-order chi connectivity index (χ1) is 16.6. The average Bonchev–Trinajstić information content (AvgIpc) is 3.14. The number of benzene rings is 2. The second-order valence-corrected chi connectivity index (χ2v) is 10.1. The normalized spacial score (nSPS) is 11.7. The minimum Gasteiger partial charge on any atom is -0.494 e. The fourth-order valence-electron chi connectivity index (χ4n) is 4.21. The van der Waals surface area contributed by atoms with Crippen LogP contribution in [0.3, 0.4) is 0 Å². The average molecular weight is 472 g/mol. The van der Waals surface area contributed by atoms with Gasteiger partial charge in [-0.25, -0.2) is 0 Å². The lowest BCUT2D eigenvalue weighted by Crippen LogP contribution is -2.28. The number of anilines is 2. The van der Waals surface area contributed by atoms with E-state index in [0.29, 0.717) is 13.1 Å². The number of carbonyl (C=O) groups excluding carboxylic acids is 1. The molecular weight excluding hydrogens is 438 g/mol. The summed E-state index contributed by atoms with van der Waals surface area (Å²) in [6.45, 7) is 7.26. The molecule has 7 nitrogen and oxygen atoms in total. The van der Waals surface area contributed by atoms with Gasteiger partial charge in [-0.15, -0.1) is 0 Å². The van der Waals surface area contributed by atoms with Gasteiger partial charge in [-0.05, 0) is 61.0 Å². The van der Waals surface area contributed by atoms with E-state index in [-0.39, 0.29) is 17.2 Å². The van der Waals surface area contributed by atoms with Crippen LogP contribution in [0.2, 0.25) is 0 Å². The molecule has 0 aliphatic heterocycles. The lowest BCUT2D eigenvalue weighted by Gasteiger charge is -2.24. The Morgan fingerprint density at radius 2 is 1.80 bits per heavy atom. The molecule has 35 heavy (non-hydrogen) atoms. The number of hydrogen-bond donors (Lipinski definition) is 3. The number of nitrogens with one attached hydrogen (secondary N) is 2. The topological polar surface area (TPSA) is 82.4 Å². The largest absolute Gasteiger partial charge is 0.494 e. The van der Waals surface area contributed by atoms with Crippen LogP contribution >= 0.6 is 0 Å².